The van der Waals surface area contributed by atoms with Gasteiger partial charge in [-0.15, -0.1) is 0 Å². The molecule has 160 valence electrons. The van der Waals surface area contributed by atoms with Gasteiger partial charge >= 0.3 is 0 Å². The van der Waals surface area contributed by atoms with Crippen LogP contribution in [0, 0.1) is 0 Å². The molecule has 2 heteroatoms. The molecule has 1 heterocycles. The molecule has 0 unspecified atom stereocenters. The van der Waals surface area contributed by atoms with E-state index in [0.717, 1.165) is 49.7 Å². The SMILES string of the molecule is CCCCCCN1c2ccccc2CCc2cc(C=C(C=O)CCCCC)ccc21. The Balaban J connectivity index is 1.87. The minimum absolute atomic E-state index is 0.878. The third kappa shape index (κ3) is 5.84. The molecule has 0 amide bonds. The number of unbranched alkanes of at least 4 members (excludes halogenated alkanes) is 5. The molecule has 0 radical (unpaired) electrons. The summed E-state index contributed by atoms with van der Waals surface area (Å²) in [7, 11) is 0. The first-order valence-corrected chi connectivity index (χ1v) is 11.9. The fourth-order valence-corrected chi connectivity index (χ4v) is 4.44. The number of anilines is 2. The Bertz CT molecular complexity index is 851. The molecule has 0 spiro atoms. The zero-order valence-electron chi connectivity index (χ0n) is 18.8. The standard InChI is InChI=1S/C28H37NO/c1-3-5-7-11-19-29-27-14-10-9-13-25(27)16-17-26-21-23(15-18-28(26)29)20-24(22-30)12-8-6-4-2/h9-10,13-15,18,20-22H,3-8,11-12,16-17,19H2,1-2H3. The van der Waals surface area contributed by atoms with Crippen LogP contribution in [0.25, 0.3) is 6.08 Å². The summed E-state index contributed by atoms with van der Waals surface area (Å²) >= 11 is 0. The molecule has 0 saturated heterocycles. The molecule has 0 aromatic heterocycles. The van der Waals surface area contributed by atoms with E-state index in [2.05, 4.69) is 67.3 Å². The van der Waals surface area contributed by atoms with Gasteiger partial charge in [-0.1, -0.05) is 70.2 Å². The van der Waals surface area contributed by atoms with Crippen LogP contribution in [0.15, 0.2) is 48.0 Å². The van der Waals surface area contributed by atoms with Crippen molar-refractivity contribution in [2.75, 3.05) is 11.4 Å². The number of aldehydes is 1. The molecule has 0 saturated carbocycles. The van der Waals surface area contributed by atoms with Crippen molar-refractivity contribution in [1.82, 2.24) is 0 Å². The first-order chi connectivity index (χ1) is 14.8. The van der Waals surface area contributed by atoms with Crippen LogP contribution in [0.4, 0.5) is 11.4 Å². The van der Waals surface area contributed by atoms with Crippen molar-refractivity contribution in [2.45, 2.75) is 78.1 Å². The van der Waals surface area contributed by atoms with E-state index < -0.39 is 0 Å². The van der Waals surface area contributed by atoms with Crippen molar-refractivity contribution in [3.63, 3.8) is 0 Å². The van der Waals surface area contributed by atoms with Gasteiger partial charge in [-0.3, -0.25) is 4.79 Å². The molecule has 1 aliphatic heterocycles. The normalized spacial score (nSPS) is 13.5. The van der Waals surface area contributed by atoms with Crippen molar-refractivity contribution in [3.8, 4) is 0 Å². The van der Waals surface area contributed by atoms with Crippen LogP contribution in [0.3, 0.4) is 0 Å². The lowest BCUT2D eigenvalue weighted by molar-refractivity contribution is -0.105. The van der Waals surface area contributed by atoms with Gasteiger partial charge in [-0.05, 0) is 78.6 Å². The van der Waals surface area contributed by atoms with Crippen LogP contribution in [0.5, 0.6) is 0 Å². The van der Waals surface area contributed by atoms with Gasteiger partial charge in [0.1, 0.15) is 6.29 Å². The summed E-state index contributed by atoms with van der Waals surface area (Å²) in [5.74, 6) is 0. The van der Waals surface area contributed by atoms with E-state index in [9.17, 15) is 4.79 Å². The van der Waals surface area contributed by atoms with E-state index in [1.165, 1.54) is 61.0 Å². The molecular formula is C28H37NO. The summed E-state index contributed by atoms with van der Waals surface area (Å²) in [6.07, 6.45) is 14.6. The molecule has 0 N–H and O–H groups in total. The number of rotatable bonds is 11. The van der Waals surface area contributed by atoms with E-state index in [4.69, 9.17) is 0 Å². The molecule has 0 fully saturated rings. The summed E-state index contributed by atoms with van der Waals surface area (Å²) in [4.78, 5) is 14.1. The topological polar surface area (TPSA) is 20.3 Å². The molecule has 2 aromatic rings. The number of fused-ring (bicyclic) bond motifs is 2. The quantitative estimate of drug-likeness (QED) is 0.218. The summed E-state index contributed by atoms with van der Waals surface area (Å²) in [5.41, 5.74) is 7.61. The molecule has 2 aromatic carbocycles. The maximum atomic E-state index is 11.5. The lowest BCUT2D eigenvalue weighted by atomic mass is 10.00. The van der Waals surface area contributed by atoms with Crippen molar-refractivity contribution in [1.29, 1.82) is 0 Å². The van der Waals surface area contributed by atoms with Gasteiger partial charge in [0.2, 0.25) is 0 Å². The first-order valence-electron chi connectivity index (χ1n) is 11.9. The number of para-hydroxylation sites is 1. The van der Waals surface area contributed by atoms with Gasteiger partial charge < -0.3 is 4.90 Å². The predicted molar refractivity (Wildman–Crippen MR) is 130 cm³/mol. The molecule has 0 bridgehead atoms. The van der Waals surface area contributed by atoms with Gasteiger partial charge in [0.15, 0.2) is 0 Å². The van der Waals surface area contributed by atoms with Crippen LogP contribution < -0.4 is 4.90 Å². The molecule has 2 nitrogen and oxygen atoms in total. The molecule has 0 atom stereocenters. The van der Waals surface area contributed by atoms with Crippen LogP contribution in [0.2, 0.25) is 0 Å². The number of hydrogen-bond acceptors (Lipinski definition) is 2. The fourth-order valence-electron chi connectivity index (χ4n) is 4.44. The summed E-state index contributed by atoms with van der Waals surface area (Å²) in [6, 6.07) is 15.6. The summed E-state index contributed by atoms with van der Waals surface area (Å²) < 4.78 is 0. The largest absolute Gasteiger partial charge is 0.341 e. The second kappa shape index (κ2) is 11.7. The maximum absolute atomic E-state index is 11.5. The summed E-state index contributed by atoms with van der Waals surface area (Å²) in [5, 5.41) is 0. The van der Waals surface area contributed by atoms with E-state index in [1.807, 2.05) is 0 Å². The van der Waals surface area contributed by atoms with Gasteiger partial charge in [0, 0.05) is 17.9 Å². The van der Waals surface area contributed by atoms with Crippen LogP contribution >= 0.6 is 0 Å². The van der Waals surface area contributed by atoms with E-state index in [0.29, 0.717) is 0 Å². The Morgan fingerprint density at radius 1 is 0.867 bits per heavy atom. The van der Waals surface area contributed by atoms with E-state index >= 15 is 0 Å². The van der Waals surface area contributed by atoms with Gasteiger partial charge in [0.05, 0.1) is 0 Å². The van der Waals surface area contributed by atoms with E-state index in [-0.39, 0.29) is 0 Å². The fraction of sp³-hybridized carbons (Fsp3) is 0.464. The first kappa shape index (κ1) is 22.3. The average molecular weight is 404 g/mol. The number of carbonyl (C=O) groups excluding carboxylic acids is 1. The van der Waals surface area contributed by atoms with Crippen molar-refractivity contribution in [3.05, 3.63) is 64.7 Å². The number of aryl methyl sites for hydroxylation is 2. The lowest BCUT2D eigenvalue weighted by Crippen LogP contribution is -2.19. The number of hydrogen-bond donors (Lipinski definition) is 0. The molecule has 30 heavy (non-hydrogen) atoms. The third-order valence-corrected chi connectivity index (χ3v) is 6.15. The van der Waals surface area contributed by atoms with Crippen molar-refractivity contribution >= 4 is 23.7 Å². The second-order valence-corrected chi connectivity index (χ2v) is 8.52. The number of allylic oxidation sites excluding steroid dienone is 1. The Kier molecular flexibility index (Phi) is 8.74. The molecule has 3 rings (SSSR count). The van der Waals surface area contributed by atoms with Gasteiger partial charge in [0.25, 0.3) is 0 Å². The highest BCUT2D eigenvalue weighted by Crippen LogP contribution is 2.37. The van der Waals surface area contributed by atoms with Crippen LogP contribution in [0.1, 0.15) is 81.9 Å². The molecule has 1 aliphatic rings. The lowest BCUT2D eigenvalue weighted by Gasteiger charge is -2.27. The number of nitrogens with zero attached hydrogens (tertiary/aromatic N) is 1. The van der Waals surface area contributed by atoms with Crippen molar-refractivity contribution in [2.24, 2.45) is 0 Å². The second-order valence-electron chi connectivity index (χ2n) is 8.52. The molecular weight excluding hydrogens is 366 g/mol. The van der Waals surface area contributed by atoms with E-state index in [1.54, 1.807) is 0 Å². The Morgan fingerprint density at radius 3 is 2.40 bits per heavy atom. The number of benzene rings is 2. The minimum Gasteiger partial charge on any atom is -0.341 e. The highest BCUT2D eigenvalue weighted by molar-refractivity contribution is 5.82. The third-order valence-electron chi connectivity index (χ3n) is 6.15. The highest BCUT2D eigenvalue weighted by Gasteiger charge is 2.20. The maximum Gasteiger partial charge on any atom is 0.146 e. The van der Waals surface area contributed by atoms with Crippen LogP contribution in [-0.4, -0.2) is 12.8 Å². The van der Waals surface area contributed by atoms with Crippen molar-refractivity contribution < 1.29 is 4.79 Å². The van der Waals surface area contributed by atoms with Crippen LogP contribution in [-0.2, 0) is 17.6 Å². The molecule has 0 aliphatic carbocycles. The average Bonchev–Trinajstić information content (AvgIpc) is 2.93. The Hall–Kier alpha value is -2.35. The monoisotopic (exact) mass is 403 g/mol. The Morgan fingerprint density at radius 2 is 1.60 bits per heavy atom. The predicted octanol–water partition coefficient (Wildman–Crippen LogP) is 7.67. The number of carbonyl (C=O) groups is 1. The van der Waals surface area contributed by atoms with Gasteiger partial charge in [-0.2, -0.15) is 0 Å². The summed E-state index contributed by atoms with van der Waals surface area (Å²) in [6.45, 7) is 5.53. The zero-order valence-corrected chi connectivity index (χ0v) is 18.8. The minimum atomic E-state index is 0.878. The Labute approximate surface area is 183 Å². The highest BCUT2D eigenvalue weighted by atomic mass is 16.1. The smallest absolute Gasteiger partial charge is 0.146 e. The van der Waals surface area contributed by atoms with Gasteiger partial charge in [-0.25, -0.2) is 0 Å². The zero-order chi connectivity index (χ0) is 21.2.